The summed E-state index contributed by atoms with van der Waals surface area (Å²) in [6.45, 7) is 0. The van der Waals surface area contributed by atoms with Crippen LogP contribution in [0, 0.1) is 0 Å². The van der Waals surface area contributed by atoms with Crippen LogP contribution in [-0.2, 0) is 13.5 Å². The molecular weight excluding hydrogens is 250 g/mol. The molecule has 2 heteroatoms. The zero-order chi connectivity index (χ0) is 10.7. The van der Waals surface area contributed by atoms with E-state index in [9.17, 15) is 0 Å². The summed E-state index contributed by atoms with van der Waals surface area (Å²) in [7, 11) is 2.10. The van der Waals surface area contributed by atoms with Crippen LogP contribution in [0.5, 0.6) is 0 Å². The van der Waals surface area contributed by atoms with Crippen molar-refractivity contribution < 1.29 is 0 Å². The van der Waals surface area contributed by atoms with Crippen molar-refractivity contribution in [3.63, 3.8) is 0 Å². The summed E-state index contributed by atoms with van der Waals surface area (Å²) in [6.07, 6.45) is 5.84. The van der Waals surface area contributed by atoms with Gasteiger partial charge in [0.15, 0.2) is 0 Å². The van der Waals surface area contributed by atoms with Gasteiger partial charge in [-0.15, -0.1) is 0 Å². The molecule has 0 radical (unpaired) electrons. The van der Waals surface area contributed by atoms with E-state index in [4.69, 9.17) is 0 Å². The standard InChI is InChI=1S/C13H16BrN/c1-15-10-8-12-11(5-2-3-9-14)6-4-7-13(12)15/h4,6-8,10H,2-3,5,9H2,1H3. The zero-order valence-corrected chi connectivity index (χ0v) is 10.6. The third-order valence-corrected chi connectivity index (χ3v) is 3.41. The van der Waals surface area contributed by atoms with Crippen molar-refractivity contribution in [1.82, 2.24) is 4.57 Å². The van der Waals surface area contributed by atoms with Gasteiger partial charge in [0, 0.05) is 29.5 Å². The first-order chi connectivity index (χ1) is 7.33. The van der Waals surface area contributed by atoms with E-state index in [2.05, 4.69) is 58.0 Å². The molecule has 0 aliphatic rings. The van der Waals surface area contributed by atoms with Gasteiger partial charge in [0.2, 0.25) is 0 Å². The Balaban J connectivity index is 2.26. The minimum atomic E-state index is 1.11. The van der Waals surface area contributed by atoms with Crippen LogP contribution in [0.1, 0.15) is 18.4 Å². The van der Waals surface area contributed by atoms with Gasteiger partial charge in [0.05, 0.1) is 0 Å². The van der Waals surface area contributed by atoms with Crippen molar-refractivity contribution in [2.45, 2.75) is 19.3 Å². The Morgan fingerprint density at radius 3 is 2.87 bits per heavy atom. The van der Waals surface area contributed by atoms with Crippen molar-refractivity contribution in [3.05, 3.63) is 36.0 Å². The zero-order valence-electron chi connectivity index (χ0n) is 9.04. The normalized spacial score (nSPS) is 11.1. The molecule has 0 saturated carbocycles. The Kier molecular flexibility index (Phi) is 3.47. The maximum Gasteiger partial charge on any atom is 0.0480 e. The first kappa shape index (κ1) is 10.7. The lowest BCUT2D eigenvalue weighted by Gasteiger charge is -2.03. The lowest BCUT2D eigenvalue weighted by molar-refractivity contribution is 0.810. The molecule has 0 spiro atoms. The lowest BCUT2D eigenvalue weighted by atomic mass is 10.0. The second-order valence-electron chi connectivity index (χ2n) is 3.92. The molecule has 80 valence electrons. The van der Waals surface area contributed by atoms with Crippen molar-refractivity contribution in [2.24, 2.45) is 7.05 Å². The Hall–Kier alpha value is -0.760. The largest absolute Gasteiger partial charge is 0.351 e. The fourth-order valence-electron chi connectivity index (χ4n) is 1.99. The molecule has 1 aromatic carbocycles. The van der Waals surface area contributed by atoms with Gasteiger partial charge >= 0.3 is 0 Å². The van der Waals surface area contributed by atoms with Crippen LogP contribution in [0.3, 0.4) is 0 Å². The summed E-state index contributed by atoms with van der Waals surface area (Å²) in [5, 5.41) is 2.52. The molecule has 0 atom stereocenters. The first-order valence-electron chi connectivity index (χ1n) is 5.42. The van der Waals surface area contributed by atoms with E-state index < -0.39 is 0 Å². The van der Waals surface area contributed by atoms with Crippen LogP contribution < -0.4 is 0 Å². The predicted octanol–water partition coefficient (Wildman–Crippen LogP) is 3.90. The van der Waals surface area contributed by atoms with Crippen molar-refractivity contribution in [2.75, 3.05) is 5.33 Å². The van der Waals surface area contributed by atoms with E-state index in [1.807, 2.05) is 0 Å². The van der Waals surface area contributed by atoms with E-state index in [-0.39, 0.29) is 0 Å². The molecule has 0 amide bonds. The third kappa shape index (κ3) is 2.25. The predicted molar refractivity (Wildman–Crippen MR) is 69.7 cm³/mol. The molecular formula is C13H16BrN. The lowest BCUT2D eigenvalue weighted by Crippen LogP contribution is -1.89. The van der Waals surface area contributed by atoms with Crippen LogP contribution >= 0.6 is 15.9 Å². The van der Waals surface area contributed by atoms with Gasteiger partial charge in [0.1, 0.15) is 0 Å². The molecule has 0 aliphatic heterocycles. The Labute approximate surface area is 99.2 Å². The highest BCUT2D eigenvalue weighted by molar-refractivity contribution is 9.09. The maximum absolute atomic E-state index is 3.47. The fraction of sp³-hybridized carbons (Fsp3) is 0.385. The van der Waals surface area contributed by atoms with Crippen LogP contribution in [0.15, 0.2) is 30.5 Å². The number of hydrogen-bond acceptors (Lipinski definition) is 0. The van der Waals surface area contributed by atoms with Gasteiger partial charge in [-0.25, -0.2) is 0 Å². The Bertz CT molecular complexity index is 445. The maximum atomic E-state index is 3.47. The van der Waals surface area contributed by atoms with Crippen molar-refractivity contribution in [1.29, 1.82) is 0 Å². The fourth-order valence-corrected chi connectivity index (χ4v) is 2.39. The molecule has 1 heterocycles. The summed E-state index contributed by atoms with van der Waals surface area (Å²) in [5.74, 6) is 0. The van der Waals surface area contributed by atoms with Crippen molar-refractivity contribution >= 4 is 26.8 Å². The molecule has 0 fully saturated rings. The van der Waals surface area contributed by atoms with E-state index in [1.165, 1.54) is 35.7 Å². The number of nitrogens with zero attached hydrogens (tertiary/aromatic N) is 1. The van der Waals surface area contributed by atoms with Crippen molar-refractivity contribution in [3.8, 4) is 0 Å². The Morgan fingerprint density at radius 1 is 1.20 bits per heavy atom. The average molecular weight is 266 g/mol. The second-order valence-corrected chi connectivity index (χ2v) is 4.72. The quantitative estimate of drug-likeness (QED) is 0.584. The third-order valence-electron chi connectivity index (χ3n) is 2.85. The SMILES string of the molecule is Cn1ccc2c(CCCCBr)cccc21. The number of benzene rings is 1. The summed E-state index contributed by atoms with van der Waals surface area (Å²) >= 11 is 3.47. The molecule has 1 nitrogen and oxygen atoms in total. The topological polar surface area (TPSA) is 4.93 Å². The number of unbranched alkanes of at least 4 members (excludes halogenated alkanes) is 1. The van der Waals surface area contributed by atoms with Gasteiger partial charge in [-0.1, -0.05) is 28.1 Å². The van der Waals surface area contributed by atoms with Crippen LogP contribution in [0.25, 0.3) is 10.9 Å². The number of alkyl halides is 1. The molecule has 0 aliphatic carbocycles. The highest BCUT2D eigenvalue weighted by atomic mass is 79.9. The smallest absolute Gasteiger partial charge is 0.0480 e. The van der Waals surface area contributed by atoms with E-state index in [1.54, 1.807) is 0 Å². The molecule has 1 aromatic heterocycles. The number of aryl methyl sites for hydroxylation is 2. The summed E-state index contributed by atoms with van der Waals surface area (Å²) < 4.78 is 2.18. The molecule has 0 bridgehead atoms. The van der Waals surface area contributed by atoms with Gasteiger partial charge in [-0.05, 0) is 37.0 Å². The summed E-state index contributed by atoms with van der Waals surface area (Å²) in [5.41, 5.74) is 2.82. The number of hydrogen-bond donors (Lipinski definition) is 0. The first-order valence-corrected chi connectivity index (χ1v) is 6.54. The van der Waals surface area contributed by atoms with Crippen LogP contribution in [-0.4, -0.2) is 9.90 Å². The monoisotopic (exact) mass is 265 g/mol. The van der Waals surface area contributed by atoms with Gasteiger partial charge < -0.3 is 4.57 Å². The summed E-state index contributed by atoms with van der Waals surface area (Å²) in [4.78, 5) is 0. The van der Waals surface area contributed by atoms with Gasteiger partial charge in [-0.3, -0.25) is 0 Å². The number of fused-ring (bicyclic) bond motifs is 1. The van der Waals surface area contributed by atoms with E-state index in [0.29, 0.717) is 0 Å². The molecule has 0 unspecified atom stereocenters. The van der Waals surface area contributed by atoms with E-state index in [0.717, 1.165) is 5.33 Å². The molecule has 0 saturated heterocycles. The van der Waals surface area contributed by atoms with E-state index >= 15 is 0 Å². The van der Waals surface area contributed by atoms with Gasteiger partial charge in [0.25, 0.3) is 0 Å². The average Bonchev–Trinajstić information content (AvgIpc) is 2.62. The molecule has 2 aromatic rings. The number of aromatic nitrogens is 1. The minimum absolute atomic E-state index is 1.11. The number of halogens is 1. The molecule has 2 rings (SSSR count). The number of rotatable bonds is 4. The molecule has 0 N–H and O–H groups in total. The van der Waals surface area contributed by atoms with Crippen LogP contribution in [0.4, 0.5) is 0 Å². The van der Waals surface area contributed by atoms with Crippen LogP contribution in [0.2, 0.25) is 0 Å². The highest BCUT2D eigenvalue weighted by Gasteiger charge is 2.02. The molecule has 15 heavy (non-hydrogen) atoms. The minimum Gasteiger partial charge on any atom is -0.351 e. The summed E-state index contributed by atoms with van der Waals surface area (Å²) in [6, 6.07) is 8.81. The highest BCUT2D eigenvalue weighted by Crippen LogP contribution is 2.21. The van der Waals surface area contributed by atoms with Gasteiger partial charge in [-0.2, -0.15) is 0 Å². The Morgan fingerprint density at radius 2 is 2.07 bits per heavy atom. The second kappa shape index (κ2) is 4.84.